The van der Waals surface area contributed by atoms with E-state index in [0.29, 0.717) is 8.92 Å². The van der Waals surface area contributed by atoms with Crippen LogP contribution in [0.25, 0.3) is 0 Å². The molecule has 112 valence electrons. The quantitative estimate of drug-likeness (QED) is 0.768. The highest BCUT2D eigenvalue weighted by molar-refractivity contribution is 9.11. The van der Waals surface area contributed by atoms with Crippen molar-refractivity contribution in [2.75, 3.05) is 18.6 Å². The summed E-state index contributed by atoms with van der Waals surface area (Å²) >= 11 is 4.40. The van der Waals surface area contributed by atoms with E-state index in [1.807, 2.05) is 0 Å². The largest absolute Gasteiger partial charge is 0.461 e. The van der Waals surface area contributed by atoms with Gasteiger partial charge in [-0.3, -0.25) is 4.90 Å². The Balaban J connectivity index is 2.90. The van der Waals surface area contributed by atoms with E-state index in [4.69, 9.17) is 9.47 Å². The first kappa shape index (κ1) is 16.9. The van der Waals surface area contributed by atoms with Gasteiger partial charge < -0.3 is 9.47 Å². The van der Waals surface area contributed by atoms with Crippen molar-refractivity contribution < 1.29 is 19.1 Å². The second-order valence-corrected chi connectivity index (χ2v) is 7.17. The molecule has 0 saturated heterocycles. The van der Waals surface area contributed by atoms with E-state index < -0.39 is 17.7 Å². The third kappa shape index (κ3) is 4.45. The van der Waals surface area contributed by atoms with Crippen LogP contribution in [0.3, 0.4) is 0 Å². The molecule has 8 heteroatoms. The summed E-state index contributed by atoms with van der Waals surface area (Å²) in [5.41, 5.74) is -0.439. The third-order valence-corrected chi connectivity index (χ3v) is 3.78. The van der Waals surface area contributed by atoms with E-state index in [1.54, 1.807) is 27.7 Å². The lowest BCUT2D eigenvalue weighted by molar-refractivity contribution is 0.0516. The number of carbonyl (C=O) groups excluding carboxylic acids is 2. The Hall–Kier alpha value is -1.15. The maximum Gasteiger partial charge on any atom is 0.416 e. The predicted molar refractivity (Wildman–Crippen MR) is 80.4 cm³/mol. The maximum atomic E-state index is 11.9. The number of amides is 1. The van der Waals surface area contributed by atoms with Gasteiger partial charge in [0, 0.05) is 7.05 Å². The first-order valence-corrected chi connectivity index (χ1v) is 7.56. The fourth-order valence-electron chi connectivity index (χ4n) is 1.17. The van der Waals surface area contributed by atoms with Gasteiger partial charge in [-0.15, -0.1) is 0 Å². The summed E-state index contributed by atoms with van der Waals surface area (Å²) < 4.78 is 10.6. The summed E-state index contributed by atoms with van der Waals surface area (Å²) in [6, 6.07) is 0. The summed E-state index contributed by atoms with van der Waals surface area (Å²) in [7, 11) is 1.54. The highest BCUT2D eigenvalue weighted by Crippen LogP contribution is 2.31. The monoisotopic (exact) mass is 364 g/mol. The number of esters is 1. The van der Waals surface area contributed by atoms with Gasteiger partial charge in [0.15, 0.2) is 10.8 Å². The van der Waals surface area contributed by atoms with Crippen molar-refractivity contribution >= 4 is 44.5 Å². The van der Waals surface area contributed by atoms with E-state index in [9.17, 15) is 9.59 Å². The first-order chi connectivity index (χ1) is 9.15. The number of thiazole rings is 1. The van der Waals surface area contributed by atoms with Crippen molar-refractivity contribution in [2.24, 2.45) is 0 Å². The topological polar surface area (TPSA) is 68.7 Å². The highest BCUT2D eigenvalue weighted by atomic mass is 79.9. The molecule has 0 aliphatic heterocycles. The number of carbonyl (C=O) groups is 2. The van der Waals surface area contributed by atoms with E-state index in [2.05, 4.69) is 20.9 Å². The molecule has 0 N–H and O–H groups in total. The molecule has 0 saturated carbocycles. The van der Waals surface area contributed by atoms with Crippen LogP contribution in [-0.4, -0.2) is 36.3 Å². The van der Waals surface area contributed by atoms with Crippen LogP contribution in [0.5, 0.6) is 0 Å². The summed E-state index contributed by atoms with van der Waals surface area (Å²) in [6.45, 7) is 7.31. The van der Waals surface area contributed by atoms with E-state index in [1.165, 1.54) is 11.9 Å². The van der Waals surface area contributed by atoms with Crippen LogP contribution in [0, 0.1) is 0 Å². The Kier molecular flexibility index (Phi) is 5.52. The fourth-order valence-corrected chi connectivity index (χ4v) is 2.59. The van der Waals surface area contributed by atoms with Crippen LogP contribution in [0.2, 0.25) is 0 Å². The number of anilines is 1. The Morgan fingerprint density at radius 3 is 2.50 bits per heavy atom. The van der Waals surface area contributed by atoms with Crippen LogP contribution >= 0.6 is 27.3 Å². The SMILES string of the molecule is CCOC(=O)c1nc(N(C)C(=O)OC(C)(C)C)sc1Br. The second kappa shape index (κ2) is 6.53. The normalized spacial score (nSPS) is 11.1. The predicted octanol–water partition coefficient (Wildman–Crippen LogP) is 3.45. The van der Waals surface area contributed by atoms with Crippen molar-refractivity contribution in [1.29, 1.82) is 0 Å². The van der Waals surface area contributed by atoms with Gasteiger partial charge in [0.2, 0.25) is 0 Å². The van der Waals surface area contributed by atoms with Gasteiger partial charge >= 0.3 is 12.1 Å². The van der Waals surface area contributed by atoms with Crippen LogP contribution in [-0.2, 0) is 9.47 Å². The average molecular weight is 365 g/mol. The standard InChI is InChI=1S/C12H17BrN2O4S/c1-6-18-9(16)7-8(13)20-10(14-7)15(5)11(17)19-12(2,3)4/h6H2,1-5H3. The lowest BCUT2D eigenvalue weighted by Crippen LogP contribution is -2.34. The Morgan fingerprint density at radius 1 is 1.40 bits per heavy atom. The number of ether oxygens (including phenoxy) is 2. The zero-order chi connectivity index (χ0) is 15.5. The van der Waals surface area contributed by atoms with Crippen molar-refractivity contribution in [3.63, 3.8) is 0 Å². The van der Waals surface area contributed by atoms with Gasteiger partial charge in [-0.25, -0.2) is 14.6 Å². The Morgan fingerprint density at radius 2 is 2.00 bits per heavy atom. The molecule has 0 aliphatic rings. The van der Waals surface area contributed by atoms with Crippen LogP contribution < -0.4 is 4.90 Å². The third-order valence-electron chi connectivity index (χ3n) is 2.00. The van der Waals surface area contributed by atoms with E-state index in [0.717, 1.165) is 11.3 Å². The summed E-state index contributed by atoms with van der Waals surface area (Å²) in [5.74, 6) is -0.528. The van der Waals surface area contributed by atoms with Crippen molar-refractivity contribution in [3.8, 4) is 0 Å². The molecule has 0 aromatic carbocycles. The van der Waals surface area contributed by atoms with Gasteiger partial charge in [0.1, 0.15) is 9.39 Å². The molecule has 1 aromatic rings. The van der Waals surface area contributed by atoms with Gasteiger partial charge in [-0.2, -0.15) is 0 Å². The van der Waals surface area contributed by atoms with Crippen LogP contribution in [0.1, 0.15) is 38.2 Å². The number of hydrogen-bond acceptors (Lipinski definition) is 6. The molecule has 1 rings (SSSR count). The summed E-state index contributed by atoms with van der Waals surface area (Å²) in [6.07, 6.45) is -0.533. The van der Waals surface area contributed by atoms with E-state index >= 15 is 0 Å². The minimum Gasteiger partial charge on any atom is -0.461 e. The Bertz CT molecular complexity index is 510. The van der Waals surface area contributed by atoms with Crippen LogP contribution in [0.15, 0.2) is 3.79 Å². The molecule has 0 spiro atoms. The molecule has 1 heterocycles. The summed E-state index contributed by atoms with van der Waals surface area (Å²) in [4.78, 5) is 28.9. The molecule has 0 bridgehead atoms. The molecule has 0 radical (unpaired) electrons. The first-order valence-electron chi connectivity index (χ1n) is 5.96. The molecule has 6 nitrogen and oxygen atoms in total. The van der Waals surface area contributed by atoms with Gasteiger partial charge in [0.25, 0.3) is 0 Å². The van der Waals surface area contributed by atoms with Gasteiger partial charge in [-0.05, 0) is 43.6 Å². The van der Waals surface area contributed by atoms with Crippen molar-refractivity contribution in [1.82, 2.24) is 4.98 Å². The van der Waals surface area contributed by atoms with Crippen LogP contribution in [0.4, 0.5) is 9.93 Å². The maximum absolute atomic E-state index is 11.9. The molecule has 0 unspecified atom stereocenters. The van der Waals surface area contributed by atoms with Gasteiger partial charge in [0.05, 0.1) is 6.61 Å². The Labute approximate surface area is 130 Å². The average Bonchev–Trinajstić information content (AvgIpc) is 2.68. The number of hydrogen-bond donors (Lipinski definition) is 0. The van der Waals surface area contributed by atoms with Crippen molar-refractivity contribution in [3.05, 3.63) is 9.48 Å². The fraction of sp³-hybridized carbons (Fsp3) is 0.583. The minimum atomic E-state index is -0.593. The number of halogens is 1. The molecule has 0 aliphatic carbocycles. The van der Waals surface area contributed by atoms with Gasteiger partial charge in [-0.1, -0.05) is 11.3 Å². The zero-order valence-electron chi connectivity index (χ0n) is 12.0. The lowest BCUT2D eigenvalue weighted by Gasteiger charge is -2.23. The smallest absolute Gasteiger partial charge is 0.416 e. The number of aromatic nitrogens is 1. The number of rotatable bonds is 3. The second-order valence-electron chi connectivity index (χ2n) is 4.88. The lowest BCUT2D eigenvalue weighted by atomic mass is 10.2. The molecule has 20 heavy (non-hydrogen) atoms. The number of nitrogens with zero attached hydrogens (tertiary/aromatic N) is 2. The molecule has 1 amide bonds. The molecule has 0 fully saturated rings. The molecule has 0 atom stereocenters. The molecule has 1 aromatic heterocycles. The van der Waals surface area contributed by atoms with E-state index in [-0.39, 0.29) is 12.3 Å². The minimum absolute atomic E-state index is 0.155. The zero-order valence-corrected chi connectivity index (χ0v) is 14.4. The molecular weight excluding hydrogens is 348 g/mol. The molecular formula is C12H17BrN2O4S. The highest BCUT2D eigenvalue weighted by Gasteiger charge is 2.25. The summed E-state index contributed by atoms with van der Waals surface area (Å²) in [5, 5.41) is 0.356. The van der Waals surface area contributed by atoms with Crippen molar-refractivity contribution in [2.45, 2.75) is 33.3 Å².